The van der Waals surface area contributed by atoms with Crippen LogP contribution >= 0.6 is 11.3 Å². The van der Waals surface area contributed by atoms with Crippen LogP contribution in [0.5, 0.6) is 0 Å². The third kappa shape index (κ3) is 4.51. The minimum atomic E-state index is -0.340. The number of hydrogen-bond donors (Lipinski definition) is 1. The standard InChI is InChI=1S/C20H21N5O3S/c26-18(13-25-19(27)8-7-16(23-25)17-6-3-11-29-17)21-9-10-24-20(28)12-14-4-1-2-5-15(14)22-24/h3,6-8,11-12H,1-2,4-5,9-10,13H2,(H,21,26). The molecule has 1 N–H and O–H groups in total. The molecule has 1 aliphatic carbocycles. The van der Waals surface area contributed by atoms with E-state index < -0.39 is 0 Å². The summed E-state index contributed by atoms with van der Waals surface area (Å²) in [5.41, 5.74) is 2.17. The van der Waals surface area contributed by atoms with Gasteiger partial charge in [0, 0.05) is 18.7 Å². The molecule has 3 aromatic rings. The third-order valence-electron chi connectivity index (χ3n) is 4.85. The molecular formula is C20H21N5O3S. The van der Waals surface area contributed by atoms with Crippen molar-refractivity contribution in [1.82, 2.24) is 24.9 Å². The van der Waals surface area contributed by atoms with Gasteiger partial charge in [0.05, 0.1) is 17.1 Å². The summed E-state index contributed by atoms with van der Waals surface area (Å²) in [4.78, 5) is 37.4. The summed E-state index contributed by atoms with van der Waals surface area (Å²) in [7, 11) is 0. The van der Waals surface area contributed by atoms with Gasteiger partial charge in [-0.2, -0.15) is 10.2 Å². The minimum Gasteiger partial charge on any atom is -0.353 e. The highest BCUT2D eigenvalue weighted by molar-refractivity contribution is 7.13. The van der Waals surface area contributed by atoms with Crippen LogP contribution in [-0.4, -0.2) is 32.0 Å². The van der Waals surface area contributed by atoms with Crippen LogP contribution in [0.3, 0.4) is 0 Å². The lowest BCUT2D eigenvalue weighted by Crippen LogP contribution is -2.37. The molecule has 29 heavy (non-hydrogen) atoms. The molecule has 1 aliphatic rings. The molecule has 3 heterocycles. The van der Waals surface area contributed by atoms with Gasteiger partial charge in [-0.15, -0.1) is 11.3 Å². The highest BCUT2D eigenvalue weighted by Crippen LogP contribution is 2.21. The van der Waals surface area contributed by atoms with Gasteiger partial charge in [0.2, 0.25) is 5.91 Å². The highest BCUT2D eigenvalue weighted by atomic mass is 32.1. The van der Waals surface area contributed by atoms with Crippen molar-refractivity contribution in [3.8, 4) is 10.6 Å². The molecule has 0 radical (unpaired) electrons. The summed E-state index contributed by atoms with van der Waals surface area (Å²) in [6.07, 6.45) is 3.97. The summed E-state index contributed by atoms with van der Waals surface area (Å²) in [6.45, 7) is 0.365. The Morgan fingerprint density at radius 1 is 1.07 bits per heavy atom. The highest BCUT2D eigenvalue weighted by Gasteiger charge is 2.13. The Kier molecular flexibility index (Phi) is 5.66. The van der Waals surface area contributed by atoms with E-state index in [9.17, 15) is 14.4 Å². The maximum atomic E-state index is 12.3. The van der Waals surface area contributed by atoms with E-state index in [1.54, 1.807) is 12.1 Å². The molecule has 0 atom stereocenters. The Balaban J connectivity index is 1.37. The number of hydrogen-bond acceptors (Lipinski definition) is 6. The van der Waals surface area contributed by atoms with Crippen molar-refractivity contribution in [3.05, 3.63) is 67.7 Å². The maximum absolute atomic E-state index is 12.3. The quantitative estimate of drug-likeness (QED) is 0.658. The topological polar surface area (TPSA) is 98.9 Å². The molecule has 9 heteroatoms. The Labute approximate surface area is 170 Å². The monoisotopic (exact) mass is 411 g/mol. The number of amides is 1. The number of carbonyl (C=O) groups is 1. The van der Waals surface area contributed by atoms with E-state index in [1.807, 2.05) is 17.5 Å². The van der Waals surface area contributed by atoms with E-state index in [-0.39, 0.29) is 36.7 Å². The van der Waals surface area contributed by atoms with Crippen LogP contribution in [0.15, 0.2) is 45.3 Å². The van der Waals surface area contributed by atoms with E-state index in [2.05, 4.69) is 15.5 Å². The molecule has 0 spiro atoms. The molecule has 0 bridgehead atoms. The van der Waals surface area contributed by atoms with Gasteiger partial charge < -0.3 is 5.32 Å². The molecule has 150 valence electrons. The molecule has 8 nitrogen and oxygen atoms in total. The lowest BCUT2D eigenvalue weighted by molar-refractivity contribution is -0.121. The fraction of sp³-hybridized carbons (Fsp3) is 0.350. The van der Waals surface area contributed by atoms with Crippen LogP contribution in [0.1, 0.15) is 24.1 Å². The molecule has 0 fully saturated rings. The van der Waals surface area contributed by atoms with Crippen molar-refractivity contribution >= 4 is 17.2 Å². The molecule has 0 saturated carbocycles. The second kappa shape index (κ2) is 8.52. The summed E-state index contributed by atoms with van der Waals surface area (Å²) >= 11 is 1.51. The number of nitrogens with one attached hydrogen (secondary N) is 1. The van der Waals surface area contributed by atoms with Crippen molar-refractivity contribution in [2.75, 3.05) is 6.54 Å². The first-order valence-electron chi connectivity index (χ1n) is 9.59. The third-order valence-corrected chi connectivity index (χ3v) is 5.75. The average Bonchev–Trinajstić information content (AvgIpc) is 3.25. The molecule has 0 aliphatic heterocycles. The second-order valence-electron chi connectivity index (χ2n) is 6.93. The number of aryl methyl sites for hydroxylation is 2. The molecular weight excluding hydrogens is 390 g/mol. The minimum absolute atomic E-state index is 0.151. The zero-order valence-corrected chi connectivity index (χ0v) is 16.7. The van der Waals surface area contributed by atoms with Gasteiger partial charge in [-0.25, -0.2) is 9.36 Å². The fourth-order valence-corrected chi connectivity index (χ4v) is 4.06. The van der Waals surface area contributed by atoms with Gasteiger partial charge in [0.25, 0.3) is 11.1 Å². The fourth-order valence-electron chi connectivity index (χ4n) is 3.37. The molecule has 3 aromatic heterocycles. The van der Waals surface area contributed by atoms with E-state index in [1.165, 1.54) is 22.1 Å². The lowest BCUT2D eigenvalue weighted by Gasteiger charge is -2.16. The molecule has 0 unspecified atom stereocenters. The molecule has 1 amide bonds. The number of nitrogens with zero attached hydrogens (tertiary/aromatic N) is 4. The summed E-state index contributed by atoms with van der Waals surface area (Å²) in [5.74, 6) is -0.339. The summed E-state index contributed by atoms with van der Waals surface area (Å²) in [5, 5.41) is 13.4. The Morgan fingerprint density at radius 2 is 1.93 bits per heavy atom. The van der Waals surface area contributed by atoms with Crippen LogP contribution in [0, 0.1) is 0 Å². The van der Waals surface area contributed by atoms with Crippen LogP contribution in [-0.2, 0) is 30.7 Å². The van der Waals surface area contributed by atoms with Crippen LogP contribution in [0.4, 0.5) is 0 Å². The maximum Gasteiger partial charge on any atom is 0.267 e. The zero-order valence-electron chi connectivity index (χ0n) is 15.8. The first kappa shape index (κ1) is 19.3. The number of thiophene rings is 1. The SMILES string of the molecule is O=C(Cn1nc(-c2cccs2)ccc1=O)NCCn1nc2c(cc1=O)CCCC2. The van der Waals surface area contributed by atoms with Crippen LogP contribution in [0.25, 0.3) is 10.6 Å². The zero-order chi connectivity index (χ0) is 20.2. The molecule has 0 saturated heterocycles. The Bertz CT molecular complexity index is 1130. The largest absolute Gasteiger partial charge is 0.353 e. The van der Waals surface area contributed by atoms with Gasteiger partial charge in [-0.05, 0) is 48.8 Å². The average molecular weight is 411 g/mol. The molecule has 4 rings (SSSR count). The van der Waals surface area contributed by atoms with Crippen molar-refractivity contribution < 1.29 is 4.79 Å². The van der Waals surface area contributed by atoms with Gasteiger partial charge in [0.15, 0.2) is 0 Å². The number of aromatic nitrogens is 4. The van der Waals surface area contributed by atoms with Crippen LogP contribution < -0.4 is 16.4 Å². The lowest BCUT2D eigenvalue weighted by atomic mass is 9.97. The Hall–Kier alpha value is -3.07. The smallest absolute Gasteiger partial charge is 0.267 e. The van der Waals surface area contributed by atoms with Gasteiger partial charge >= 0.3 is 0 Å². The van der Waals surface area contributed by atoms with E-state index in [0.29, 0.717) is 5.69 Å². The Morgan fingerprint density at radius 3 is 2.76 bits per heavy atom. The molecule has 0 aromatic carbocycles. The van der Waals surface area contributed by atoms with E-state index in [4.69, 9.17) is 0 Å². The predicted octanol–water partition coefficient (Wildman–Crippen LogP) is 1.22. The van der Waals surface area contributed by atoms with Crippen molar-refractivity contribution in [2.24, 2.45) is 0 Å². The van der Waals surface area contributed by atoms with Gasteiger partial charge in [0.1, 0.15) is 12.2 Å². The van der Waals surface area contributed by atoms with E-state index >= 15 is 0 Å². The van der Waals surface area contributed by atoms with Gasteiger partial charge in [-0.3, -0.25) is 14.4 Å². The van der Waals surface area contributed by atoms with Crippen molar-refractivity contribution in [2.45, 2.75) is 38.8 Å². The second-order valence-corrected chi connectivity index (χ2v) is 7.87. The van der Waals surface area contributed by atoms with E-state index in [0.717, 1.165) is 46.5 Å². The first-order valence-corrected chi connectivity index (χ1v) is 10.5. The normalized spacial score (nSPS) is 13.1. The number of carbonyl (C=O) groups excluding carboxylic acids is 1. The van der Waals surface area contributed by atoms with Gasteiger partial charge in [-0.1, -0.05) is 6.07 Å². The first-order chi connectivity index (χ1) is 14.1. The predicted molar refractivity (Wildman–Crippen MR) is 110 cm³/mol. The number of fused-ring (bicyclic) bond motifs is 1. The summed E-state index contributed by atoms with van der Waals surface area (Å²) in [6, 6.07) is 8.53. The van der Waals surface area contributed by atoms with Crippen molar-refractivity contribution in [3.63, 3.8) is 0 Å². The number of rotatable bonds is 6. The van der Waals surface area contributed by atoms with Crippen molar-refractivity contribution in [1.29, 1.82) is 0 Å². The summed E-state index contributed by atoms with van der Waals surface area (Å²) < 4.78 is 2.54. The van der Waals surface area contributed by atoms with Crippen LogP contribution in [0.2, 0.25) is 0 Å².